The molecule has 0 radical (unpaired) electrons. The molecule has 0 saturated carbocycles. The Hall–Kier alpha value is -3.51. The summed E-state index contributed by atoms with van der Waals surface area (Å²) in [7, 11) is 0. The molecule has 1 aliphatic heterocycles. The number of benzene rings is 2. The Morgan fingerprint density at radius 2 is 1.94 bits per heavy atom. The van der Waals surface area contributed by atoms with Gasteiger partial charge in [0.25, 0.3) is 11.7 Å². The van der Waals surface area contributed by atoms with Crippen molar-refractivity contribution in [2.75, 3.05) is 11.5 Å². The van der Waals surface area contributed by atoms with Gasteiger partial charge in [-0.2, -0.15) is 0 Å². The predicted molar refractivity (Wildman–Crippen MR) is 122 cm³/mol. The van der Waals surface area contributed by atoms with E-state index in [1.165, 1.54) is 11.2 Å². The van der Waals surface area contributed by atoms with Gasteiger partial charge in [-0.25, -0.2) is 0 Å². The molecule has 2 heterocycles. The lowest BCUT2D eigenvalue weighted by molar-refractivity contribution is -0.132. The monoisotopic (exact) mass is 451 g/mol. The molecule has 1 amide bonds. The number of aliphatic hydroxyl groups excluding tert-OH is 1. The SMILES string of the molecule is CCCOc1cccc(/C(O)=C2/C(=O)C(=O)N(c3cccc(Cl)c3C)C2c2ccco2)c1. The van der Waals surface area contributed by atoms with E-state index in [9.17, 15) is 14.7 Å². The van der Waals surface area contributed by atoms with Gasteiger partial charge in [0.2, 0.25) is 0 Å². The molecule has 6 nitrogen and oxygen atoms in total. The van der Waals surface area contributed by atoms with Gasteiger partial charge in [0.15, 0.2) is 0 Å². The minimum atomic E-state index is -0.942. The lowest BCUT2D eigenvalue weighted by Crippen LogP contribution is -2.30. The molecule has 4 rings (SSSR count). The van der Waals surface area contributed by atoms with Crippen molar-refractivity contribution in [3.8, 4) is 5.75 Å². The summed E-state index contributed by atoms with van der Waals surface area (Å²) in [5, 5.41) is 11.6. The number of halogens is 1. The van der Waals surface area contributed by atoms with Crippen LogP contribution in [0.2, 0.25) is 5.02 Å². The largest absolute Gasteiger partial charge is 0.507 e. The number of rotatable bonds is 6. The van der Waals surface area contributed by atoms with E-state index in [0.29, 0.717) is 40.0 Å². The maximum Gasteiger partial charge on any atom is 0.300 e. The fourth-order valence-electron chi connectivity index (χ4n) is 3.76. The van der Waals surface area contributed by atoms with Crippen LogP contribution in [0.5, 0.6) is 5.75 Å². The van der Waals surface area contributed by atoms with Crippen LogP contribution in [-0.2, 0) is 9.59 Å². The van der Waals surface area contributed by atoms with Crippen LogP contribution in [0.4, 0.5) is 5.69 Å². The van der Waals surface area contributed by atoms with Crippen molar-refractivity contribution < 1.29 is 23.8 Å². The smallest absolute Gasteiger partial charge is 0.300 e. The first-order valence-corrected chi connectivity index (χ1v) is 10.6. The molecule has 32 heavy (non-hydrogen) atoms. The Balaban J connectivity index is 1.89. The third-order valence-electron chi connectivity index (χ3n) is 5.34. The van der Waals surface area contributed by atoms with Crippen molar-refractivity contribution in [2.45, 2.75) is 26.3 Å². The molecule has 0 aliphatic carbocycles. The van der Waals surface area contributed by atoms with Crippen LogP contribution in [0.3, 0.4) is 0 Å². The average molecular weight is 452 g/mol. The third kappa shape index (κ3) is 3.78. The van der Waals surface area contributed by atoms with Crippen LogP contribution in [0, 0.1) is 6.92 Å². The maximum atomic E-state index is 13.2. The number of ketones is 1. The molecule has 1 aromatic heterocycles. The number of furan rings is 1. The molecule has 1 fully saturated rings. The lowest BCUT2D eigenvalue weighted by Gasteiger charge is -2.25. The van der Waals surface area contributed by atoms with Gasteiger partial charge < -0.3 is 14.3 Å². The molecule has 0 spiro atoms. The first-order chi connectivity index (χ1) is 15.4. The minimum absolute atomic E-state index is 0.0584. The summed E-state index contributed by atoms with van der Waals surface area (Å²) < 4.78 is 11.2. The van der Waals surface area contributed by atoms with E-state index in [4.69, 9.17) is 20.8 Å². The van der Waals surface area contributed by atoms with E-state index < -0.39 is 17.7 Å². The minimum Gasteiger partial charge on any atom is -0.507 e. The number of ether oxygens (including phenoxy) is 1. The number of anilines is 1. The average Bonchev–Trinajstić information content (AvgIpc) is 3.41. The molecule has 3 aromatic rings. The Bertz CT molecular complexity index is 1200. The molecule has 1 atom stereocenters. The van der Waals surface area contributed by atoms with E-state index in [0.717, 1.165) is 6.42 Å². The standard InChI is InChI=1S/C25H22ClNO5/c1-3-12-31-17-8-4-7-16(14-17)23(28)21-22(20-11-6-13-32-20)27(25(30)24(21)29)19-10-5-9-18(26)15(19)2/h4-11,13-14,22,28H,3,12H2,1-2H3/b23-21-. The van der Waals surface area contributed by atoms with Gasteiger partial charge in [-0.3, -0.25) is 14.5 Å². The Labute approximate surface area is 190 Å². The fraction of sp³-hybridized carbons (Fsp3) is 0.200. The lowest BCUT2D eigenvalue weighted by atomic mass is 9.99. The number of amides is 1. The number of hydrogen-bond donors (Lipinski definition) is 1. The summed E-state index contributed by atoms with van der Waals surface area (Å²) in [6.07, 6.45) is 2.29. The van der Waals surface area contributed by atoms with Crippen LogP contribution >= 0.6 is 11.6 Å². The highest BCUT2D eigenvalue weighted by Gasteiger charge is 2.48. The van der Waals surface area contributed by atoms with Crippen molar-refractivity contribution in [2.24, 2.45) is 0 Å². The molecular weight excluding hydrogens is 430 g/mol. The zero-order valence-electron chi connectivity index (χ0n) is 17.7. The van der Waals surface area contributed by atoms with Crippen molar-refractivity contribution >= 4 is 34.7 Å². The maximum absolute atomic E-state index is 13.2. The molecule has 1 unspecified atom stereocenters. The van der Waals surface area contributed by atoms with Crippen molar-refractivity contribution in [3.63, 3.8) is 0 Å². The van der Waals surface area contributed by atoms with Crippen LogP contribution in [-0.4, -0.2) is 23.4 Å². The van der Waals surface area contributed by atoms with Crippen LogP contribution in [0.25, 0.3) is 5.76 Å². The van der Waals surface area contributed by atoms with Crippen LogP contribution in [0.15, 0.2) is 70.9 Å². The molecular formula is C25H22ClNO5. The van der Waals surface area contributed by atoms with Gasteiger partial charge in [-0.05, 0) is 55.3 Å². The third-order valence-corrected chi connectivity index (χ3v) is 5.75. The second-order valence-corrected chi connectivity index (χ2v) is 7.85. The topological polar surface area (TPSA) is 80.0 Å². The Morgan fingerprint density at radius 3 is 2.66 bits per heavy atom. The van der Waals surface area contributed by atoms with Gasteiger partial charge >= 0.3 is 0 Å². The molecule has 164 valence electrons. The van der Waals surface area contributed by atoms with Gasteiger partial charge in [0.1, 0.15) is 23.3 Å². The Morgan fingerprint density at radius 1 is 1.16 bits per heavy atom. The van der Waals surface area contributed by atoms with E-state index in [1.807, 2.05) is 6.92 Å². The number of Topliss-reactive ketones (excluding diaryl/α,β-unsaturated/α-hetero) is 1. The van der Waals surface area contributed by atoms with Crippen molar-refractivity contribution in [1.29, 1.82) is 0 Å². The summed E-state index contributed by atoms with van der Waals surface area (Å²) in [5.41, 5.74) is 1.43. The number of aliphatic hydroxyl groups is 1. The molecule has 2 aromatic carbocycles. The molecule has 1 aliphatic rings. The Kier molecular flexibility index (Phi) is 6.06. The summed E-state index contributed by atoms with van der Waals surface area (Å²) in [6.45, 7) is 4.28. The number of nitrogens with zero attached hydrogens (tertiary/aromatic N) is 1. The molecule has 1 N–H and O–H groups in total. The zero-order valence-corrected chi connectivity index (χ0v) is 18.4. The van der Waals surface area contributed by atoms with E-state index in [-0.39, 0.29) is 11.3 Å². The van der Waals surface area contributed by atoms with Gasteiger partial charge in [0, 0.05) is 16.3 Å². The summed E-state index contributed by atoms with van der Waals surface area (Å²) in [4.78, 5) is 27.6. The molecule has 7 heteroatoms. The second kappa shape index (κ2) is 8.93. The normalized spacial score (nSPS) is 17.7. The highest BCUT2D eigenvalue weighted by Crippen LogP contribution is 2.44. The fourth-order valence-corrected chi connectivity index (χ4v) is 3.93. The number of carbonyl (C=O) groups excluding carboxylic acids is 2. The predicted octanol–water partition coefficient (Wildman–Crippen LogP) is 5.66. The van der Waals surface area contributed by atoms with Crippen molar-refractivity contribution in [1.82, 2.24) is 0 Å². The quantitative estimate of drug-likeness (QED) is 0.297. The summed E-state index contributed by atoms with van der Waals surface area (Å²) in [5.74, 6) is -0.956. The van der Waals surface area contributed by atoms with E-state index >= 15 is 0 Å². The summed E-state index contributed by atoms with van der Waals surface area (Å²) >= 11 is 6.28. The second-order valence-electron chi connectivity index (χ2n) is 7.44. The highest BCUT2D eigenvalue weighted by atomic mass is 35.5. The van der Waals surface area contributed by atoms with Crippen LogP contribution in [0.1, 0.15) is 36.3 Å². The van der Waals surface area contributed by atoms with Crippen molar-refractivity contribution in [3.05, 3.63) is 88.3 Å². The summed E-state index contributed by atoms with van der Waals surface area (Å²) in [6, 6.07) is 14.3. The van der Waals surface area contributed by atoms with Gasteiger partial charge in [-0.1, -0.05) is 36.7 Å². The first kappa shape index (κ1) is 21.7. The van der Waals surface area contributed by atoms with Crippen LogP contribution < -0.4 is 9.64 Å². The van der Waals surface area contributed by atoms with E-state index in [2.05, 4.69) is 0 Å². The zero-order chi connectivity index (χ0) is 22.8. The number of carbonyl (C=O) groups is 2. The molecule has 0 bridgehead atoms. The first-order valence-electron chi connectivity index (χ1n) is 10.3. The highest BCUT2D eigenvalue weighted by molar-refractivity contribution is 6.52. The van der Waals surface area contributed by atoms with Gasteiger partial charge in [0.05, 0.1) is 18.4 Å². The molecule has 1 saturated heterocycles. The number of hydrogen-bond acceptors (Lipinski definition) is 5. The van der Waals surface area contributed by atoms with Gasteiger partial charge in [-0.15, -0.1) is 0 Å². The van der Waals surface area contributed by atoms with E-state index in [1.54, 1.807) is 61.5 Å².